The molecule has 1 atom stereocenters. The van der Waals surface area contributed by atoms with E-state index in [1.54, 1.807) is 11.3 Å². The summed E-state index contributed by atoms with van der Waals surface area (Å²) in [6.45, 7) is 8.71. The van der Waals surface area contributed by atoms with Crippen LogP contribution < -0.4 is 5.32 Å². The van der Waals surface area contributed by atoms with Crippen molar-refractivity contribution in [2.75, 3.05) is 20.1 Å². The lowest BCUT2D eigenvalue weighted by Gasteiger charge is -2.35. The monoisotopic (exact) mass is 281 g/mol. The molecule has 1 aliphatic rings. The van der Waals surface area contributed by atoms with Crippen molar-refractivity contribution in [1.82, 2.24) is 15.2 Å². The van der Waals surface area contributed by atoms with Gasteiger partial charge in [-0.05, 0) is 25.8 Å². The maximum atomic E-state index is 12.8. The van der Waals surface area contributed by atoms with Crippen LogP contribution in [-0.4, -0.2) is 35.9 Å². The molecule has 1 N–H and O–H groups in total. The molecule has 1 amide bonds. The molecule has 1 unspecified atom stereocenters. The average molecular weight is 281 g/mol. The summed E-state index contributed by atoms with van der Waals surface area (Å²) in [5.41, 5.74) is 2.65. The second-order valence-electron chi connectivity index (χ2n) is 5.76. The number of nitrogens with zero attached hydrogens (tertiary/aromatic N) is 2. The largest absolute Gasteiger partial charge is 0.340 e. The average Bonchev–Trinajstić information content (AvgIpc) is 2.99. The molecule has 2 rings (SSSR count). The quantitative estimate of drug-likeness (QED) is 0.918. The van der Waals surface area contributed by atoms with Crippen LogP contribution in [0.5, 0.6) is 0 Å². The van der Waals surface area contributed by atoms with Gasteiger partial charge in [0.25, 0.3) is 0 Å². The number of aromatic nitrogens is 1. The summed E-state index contributed by atoms with van der Waals surface area (Å²) in [6.07, 6.45) is 0.940. The number of carbonyl (C=O) groups is 1. The van der Waals surface area contributed by atoms with Crippen molar-refractivity contribution < 1.29 is 4.79 Å². The van der Waals surface area contributed by atoms with Crippen LogP contribution >= 0.6 is 11.3 Å². The fraction of sp³-hybridized carbons (Fsp3) is 0.714. The van der Waals surface area contributed by atoms with E-state index in [1.165, 1.54) is 4.88 Å². The molecule has 106 valence electrons. The number of carbonyl (C=O) groups excluding carboxylic acids is 1. The number of hydrogen-bond acceptors (Lipinski definition) is 4. The first-order valence-electron chi connectivity index (χ1n) is 6.82. The minimum Gasteiger partial charge on any atom is -0.340 e. The number of rotatable bonds is 4. The normalized spacial score (nSPS) is 23.0. The summed E-state index contributed by atoms with van der Waals surface area (Å²) < 4.78 is 0. The fourth-order valence-corrected chi connectivity index (χ4v) is 3.61. The van der Waals surface area contributed by atoms with E-state index < -0.39 is 0 Å². The second-order valence-corrected chi connectivity index (χ2v) is 6.70. The van der Waals surface area contributed by atoms with Crippen molar-refractivity contribution >= 4 is 17.2 Å². The number of hydrogen-bond donors (Lipinski definition) is 1. The minimum atomic E-state index is -0.229. The third-order valence-electron chi connectivity index (χ3n) is 4.29. The highest BCUT2D eigenvalue weighted by Crippen LogP contribution is 2.36. The maximum absolute atomic E-state index is 12.8. The summed E-state index contributed by atoms with van der Waals surface area (Å²) in [5, 5.41) is 3.34. The SMILES string of the molecule is Cc1ncsc1CN(C)C(=O)C1(C(C)C)CCNC1. The van der Waals surface area contributed by atoms with E-state index >= 15 is 0 Å². The third kappa shape index (κ3) is 2.67. The van der Waals surface area contributed by atoms with Gasteiger partial charge in [-0.15, -0.1) is 11.3 Å². The van der Waals surface area contributed by atoms with E-state index in [1.807, 2.05) is 24.4 Å². The molecule has 1 fully saturated rings. The predicted molar refractivity (Wildman–Crippen MR) is 78.1 cm³/mol. The molecule has 0 aliphatic carbocycles. The van der Waals surface area contributed by atoms with Gasteiger partial charge < -0.3 is 10.2 Å². The Morgan fingerprint density at radius 3 is 2.84 bits per heavy atom. The number of aryl methyl sites for hydroxylation is 1. The van der Waals surface area contributed by atoms with E-state index in [2.05, 4.69) is 24.1 Å². The van der Waals surface area contributed by atoms with Crippen LogP contribution in [0, 0.1) is 18.3 Å². The lowest BCUT2D eigenvalue weighted by Crippen LogP contribution is -2.46. The first kappa shape index (κ1) is 14.5. The maximum Gasteiger partial charge on any atom is 0.230 e. The van der Waals surface area contributed by atoms with Crippen LogP contribution in [0.1, 0.15) is 30.8 Å². The number of nitrogens with one attached hydrogen (secondary N) is 1. The third-order valence-corrected chi connectivity index (χ3v) is 5.21. The summed E-state index contributed by atoms with van der Waals surface area (Å²) in [4.78, 5) is 20.1. The lowest BCUT2D eigenvalue weighted by atomic mass is 9.75. The van der Waals surface area contributed by atoms with Gasteiger partial charge in [-0.1, -0.05) is 13.8 Å². The van der Waals surface area contributed by atoms with Crippen molar-refractivity contribution in [3.8, 4) is 0 Å². The Hall–Kier alpha value is -0.940. The van der Waals surface area contributed by atoms with Crippen molar-refractivity contribution in [3.63, 3.8) is 0 Å². The van der Waals surface area contributed by atoms with E-state index in [4.69, 9.17) is 0 Å². The van der Waals surface area contributed by atoms with Gasteiger partial charge in [0.15, 0.2) is 0 Å². The predicted octanol–water partition coefficient (Wildman–Crippen LogP) is 2.05. The lowest BCUT2D eigenvalue weighted by molar-refractivity contribution is -0.142. The van der Waals surface area contributed by atoms with E-state index in [-0.39, 0.29) is 11.3 Å². The standard InChI is InChI=1S/C14H23N3OS/c1-10(2)14(5-6-15-8-14)13(18)17(4)7-12-11(3)16-9-19-12/h9-10,15H,5-8H2,1-4H3. The first-order valence-corrected chi connectivity index (χ1v) is 7.70. The van der Waals surface area contributed by atoms with Gasteiger partial charge in [-0.25, -0.2) is 4.98 Å². The number of amides is 1. The first-order chi connectivity index (χ1) is 8.97. The zero-order chi connectivity index (χ0) is 14.0. The van der Waals surface area contributed by atoms with E-state index in [9.17, 15) is 4.79 Å². The van der Waals surface area contributed by atoms with Crippen LogP contribution in [0.3, 0.4) is 0 Å². The van der Waals surface area contributed by atoms with Crippen molar-refractivity contribution in [3.05, 3.63) is 16.1 Å². The van der Waals surface area contributed by atoms with Crippen LogP contribution in [0.4, 0.5) is 0 Å². The Morgan fingerprint density at radius 1 is 1.63 bits per heavy atom. The highest BCUT2D eigenvalue weighted by atomic mass is 32.1. The fourth-order valence-electron chi connectivity index (χ4n) is 2.78. The van der Waals surface area contributed by atoms with E-state index in [0.29, 0.717) is 12.5 Å². The molecule has 0 aromatic carbocycles. The van der Waals surface area contributed by atoms with Gasteiger partial charge in [0.05, 0.1) is 23.2 Å². The van der Waals surface area contributed by atoms with Gasteiger partial charge >= 0.3 is 0 Å². The van der Waals surface area contributed by atoms with Crippen molar-refractivity contribution in [2.45, 2.75) is 33.7 Å². The van der Waals surface area contributed by atoms with Crippen LogP contribution in [0.15, 0.2) is 5.51 Å². The van der Waals surface area contributed by atoms with Crippen molar-refractivity contribution in [2.24, 2.45) is 11.3 Å². The summed E-state index contributed by atoms with van der Waals surface area (Å²) >= 11 is 1.62. The Bertz CT molecular complexity index is 449. The highest BCUT2D eigenvalue weighted by molar-refractivity contribution is 7.09. The molecule has 19 heavy (non-hydrogen) atoms. The number of thiazole rings is 1. The van der Waals surface area contributed by atoms with Gasteiger partial charge in [-0.3, -0.25) is 4.79 Å². The molecule has 2 heterocycles. The van der Waals surface area contributed by atoms with Gasteiger partial charge in [-0.2, -0.15) is 0 Å². The second kappa shape index (κ2) is 5.59. The summed E-state index contributed by atoms with van der Waals surface area (Å²) in [6, 6.07) is 0. The Labute approximate surface area is 119 Å². The zero-order valence-corrected chi connectivity index (χ0v) is 13.0. The molecule has 0 saturated carbocycles. The molecule has 1 aromatic heterocycles. The smallest absolute Gasteiger partial charge is 0.230 e. The molecule has 5 heteroatoms. The van der Waals surface area contributed by atoms with Crippen LogP contribution in [-0.2, 0) is 11.3 Å². The minimum absolute atomic E-state index is 0.229. The van der Waals surface area contributed by atoms with Gasteiger partial charge in [0, 0.05) is 18.5 Å². The zero-order valence-electron chi connectivity index (χ0n) is 12.2. The Balaban J connectivity index is 2.12. The molecule has 1 aliphatic heterocycles. The Kier molecular flexibility index (Phi) is 4.26. The molecule has 0 bridgehead atoms. The summed E-state index contributed by atoms with van der Waals surface area (Å²) in [7, 11) is 1.91. The van der Waals surface area contributed by atoms with Crippen LogP contribution in [0.2, 0.25) is 0 Å². The molecule has 0 radical (unpaired) electrons. The van der Waals surface area contributed by atoms with Gasteiger partial charge in [0.2, 0.25) is 5.91 Å². The van der Waals surface area contributed by atoms with Gasteiger partial charge in [0.1, 0.15) is 0 Å². The Morgan fingerprint density at radius 2 is 2.37 bits per heavy atom. The molecular formula is C14H23N3OS. The topological polar surface area (TPSA) is 45.2 Å². The molecule has 1 aromatic rings. The highest BCUT2D eigenvalue weighted by Gasteiger charge is 2.45. The molecule has 4 nitrogen and oxygen atoms in total. The molecule has 0 spiro atoms. The molecule has 1 saturated heterocycles. The van der Waals surface area contributed by atoms with Crippen LogP contribution in [0.25, 0.3) is 0 Å². The summed E-state index contributed by atoms with van der Waals surface area (Å²) in [5.74, 6) is 0.625. The van der Waals surface area contributed by atoms with Crippen molar-refractivity contribution in [1.29, 1.82) is 0 Å². The molecular weight excluding hydrogens is 258 g/mol. The van der Waals surface area contributed by atoms with E-state index in [0.717, 1.165) is 25.2 Å².